The van der Waals surface area contributed by atoms with Crippen LogP contribution in [0.5, 0.6) is 0 Å². The standard InChI is InChI=1S/C12H15N/c1-11(13-9-5-6-10-13)12-7-3-2-4-8-12/h2-5,7-9,11H,6,10H2,1H3. The average molecular weight is 173 g/mol. The van der Waals surface area contributed by atoms with Crippen molar-refractivity contribution in [2.75, 3.05) is 6.54 Å². The SMILES string of the molecule is CC(c1ccccc1)N1C=CCC1. The van der Waals surface area contributed by atoms with Gasteiger partial charge in [0, 0.05) is 6.54 Å². The molecule has 1 heterocycles. The number of hydrogen-bond acceptors (Lipinski definition) is 1. The van der Waals surface area contributed by atoms with Gasteiger partial charge in [-0.15, -0.1) is 0 Å². The van der Waals surface area contributed by atoms with E-state index in [2.05, 4.69) is 54.4 Å². The van der Waals surface area contributed by atoms with Gasteiger partial charge in [-0.2, -0.15) is 0 Å². The van der Waals surface area contributed by atoms with E-state index in [0.29, 0.717) is 6.04 Å². The Morgan fingerprint density at radius 2 is 2.00 bits per heavy atom. The van der Waals surface area contributed by atoms with E-state index in [1.807, 2.05) is 0 Å². The molecular weight excluding hydrogens is 158 g/mol. The van der Waals surface area contributed by atoms with Crippen molar-refractivity contribution in [3.8, 4) is 0 Å². The molecule has 0 aromatic heterocycles. The fourth-order valence-corrected chi connectivity index (χ4v) is 1.75. The van der Waals surface area contributed by atoms with Crippen molar-refractivity contribution in [1.82, 2.24) is 4.90 Å². The van der Waals surface area contributed by atoms with Crippen LogP contribution in [-0.4, -0.2) is 11.4 Å². The maximum absolute atomic E-state index is 2.38. The van der Waals surface area contributed by atoms with E-state index >= 15 is 0 Å². The van der Waals surface area contributed by atoms with E-state index in [-0.39, 0.29) is 0 Å². The summed E-state index contributed by atoms with van der Waals surface area (Å²) in [6, 6.07) is 11.2. The van der Waals surface area contributed by atoms with Crippen LogP contribution >= 0.6 is 0 Å². The van der Waals surface area contributed by atoms with Gasteiger partial charge in [0.05, 0.1) is 6.04 Å². The van der Waals surface area contributed by atoms with Crippen LogP contribution in [0.15, 0.2) is 42.6 Å². The van der Waals surface area contributed by atoms with Gasteiger partial charge in [0.2, 0.25) is 0 Å². The molecule has 0 spiro atoms. The van der Waals surface area contributed by atoms with Crippen molar-refractivity contribution in [1.29, 1.82) is 0 Å². The lowest BCUT2D eigenvalue weighted by Crippen LogP contribution is -2.18. The van der Waals surface area contributed by atoms with Crippen molar-refractivity contribution in [2.24, 2.45) is 0 Å². The Labute approximate surface area is 79.7 Å². The molecule has 0 fully saturated rings. The molecular formula is C12H15N. The predicted molar refractivity (Wildman–Crippen MR) is 55.3 cm³/mol. The molecule has 1 atom stereocenters. The van der Waals surface area contributed by atoms with Crippen molar-refractivity contribution in [3.05, 3.63) is 48.2 Å². The summed E-state index contributed by atoms with van der Waals surface area (Å²) < 4.78 is 0. The van der Waals surface area contributed by atoms with Crippen LogP contribution in [0.4, 0.5) is 0 Å². The van der Waals surface area contributed by atoms with Gasteiger partial charge in [0.15, 0.2) is 0 Å². The first-order chi connectivity index (χ1) is 6.38. The van der Waals surface area contributed by atoms with Gasteiger partial charge in [-0.25, -0.2) is 0 Å². The zero-order valence-electron chi connectivity index (χ0n) is 7.98. The van der Waals surface area contributed by atoms with Crippen LogP contribution in [0, 0.1) is 0 Å². The summed E-state index contributed by atoms with van der Waals surface area (Å²) in [7, 11) is 0. The lowest BCUT2D eigenvalue weighted by atomic mass is 10.1. The molecule has 68 valence electrons. The molecule has 0 amide bonds. The first-order valence-electron chi connectivity index (χ1n) is 4.85. The summed E-state index contributed by atoms with van der Waals surface area (Å²) in [6.07, 6.45) is 5.63. The number of nitrogens with zero attached hydrogens (tertiary/aromatic N) is 1. The minimum atomic E-state index is 0.514. The van der Waals surface area contributed by atoms with E-state index in [1.54, 1.807) is 0 Å². The normalized spacial score (nSPS) is 17.8. The molecule has 1 aromatic rings. The molecule has 0 radical (unpaired) electrons. The topological polar surface area (TPSA) is 3.24 Å². The Hall–Kier alpha value is -1.24. The van der Waals surface area contributed by atoms with Crippen molar-refractivity contribution < 1.29 is 0 Å². The van der Waals surface area contributed by atoms with Gasteiger partial charge in [-0.3, -0.25) is 0 Å². The van der Waals surface area contributed by atoms with Crippen LogP contribution in [0.3, 0.4) is 0 Å². The molecule has 1 nitrogen and oxygen atoms in total. The number of hydrogen-bond donors (Lipinski definition) is 0. The highest BCUT2D eigenvalue weighted by molar-refractivity contribution is 5.19. The van der Waals surface area contributed by atoms with Crippen LogP contribution in [-0.2, 0) is 0 Å². The molecule has 2 rings (SSSR count). The Morgan fingerprint density at radius 3 is 2.62 bits per heavy atom. The fourth-order valence-electron chi connectivity index (χ4n) is 1.75. The smallest absolute Gasteiger partial charge is 0.0508 e. The van der Waals surface area contributed by atoms with Gasteiger partial charge in [0.25, 0.3) is 0 Å². The molecule has 0 saturated carbocycles. The molecule has 1 aromatic carbocycles. The molecule has 0 N–H and O–H groups in total. The summed E-state index contributed by atoms with van der Waals surface area (Å²) in [5.41, 5.74) is 1.40. The predicted octanol–water partition coefficient (Wildman–Crippen LogP) is 2.97. The van der Waals surface area contributed by atoms with Crippen molar-refractivity contribution in [2.45, 2.75) is 19.4 Å². The van der Waals surface area contributed by atoms with Gasteiger partial charge in [-0.05, 0) is 25.1 Å². The van der Waals surface area contributed by atoms with Crippen molar-refractivity contribution >= 4 is 0 Å². The Morgan fingerprint density at radius 1 is 1.23 bits per heavy atom. The summed E-state index contributed by atoms with van der Waals surface area (Å²) in [5.74, 6) is 0. The van der Waals surface area contributed by atoms with Crippen LogP contribution in [0.1, 0.15) is 24.9 Å². The lowest BCUT2D eigenvalue weighted by molar-refractivity contribution is 0.322. The largest absolute Gasteiger partial charge is 0.371 e. The molecule has 0 bridgehead atoms. The van der Waals surface area contributed by atoms with Crippen LogP contribution in [0.2, 0.25) is 0 Å². The molecule has 1 aliphatic rings. The monoisotopic (exact) mass is 173 g/mol. The third kappa shape index (κ3) is 1.74. The van der Waals surface area contributed by atoms with Gasteiger partial charge in [0.1, 0.15) is 0 Å². The molecule has 1 heteroatoms. The zero-order chi connectivity index (χ0) is 9.10. The Kier molecular flexibility index (Phi) is 2.35. The first kappa shape index (κ1) is 8.36. The molecule has 1 unspecified atom stereocenters. The summed E-state index contributed by atoms with van der Waals surface area (Å²) in [6.45, 7) is 3.42. The maximum Gasteiger partial charge on any atom is 0.0508 e. The van der Waals surface area contributed by atoms with Crippen LogP contribution in [0.25, 0.3) is 0 Å². The molecule has 13 heavy (non-hydrogen) atoms. The molecule has 0 aliphatic carbocycles. The minimum Gasteiger partial charge on any atom is -0.371 e. The average Bonchev–Trinajstić information content (AvgIpc) is 2.71. The van der Waals surface area contributed by atoms with Gasteiger partial charge >= 0.3 is 0 Å². The highest BCUT2D eigenvalue weighted by Gasteiger charge is 2.13. The second-order valence-electron chi connectivity index (χ2n) is 3.50. The number of rotatable bonds is 2. The highest BCUT2D eigenvalue weighted by atomic mass is 15.1. The van der Waals surface area contributed by atoms with Crippen LogP contribution < -0.4 is 0 Å². The van der Waals surface area contributed by atoms with E-state index in [4.69, 9.17) is 0 Å². The summed E-state index contributed by atoms with van der Waals surface area (Å²) in [5, 5.41) is 0. The molecule has 1 aliphatic heterocycles. The fraction of sp³-hybridized carbons (Fsp3) is 0.333. The second kappa shape index (κ2) is 3.65. The summed E-state index contributed by atoms with van der Waals surface area (Å²) in [4.78, 5) is 2.38. The van der Waals surface area contributed by atoms with E-state index in [0.717, 1.165) is 6.54 Å². The maximum atomic E-state index is 2.38. The van der Waals surface area contributed by atoms with E-state index < -0.39 is 0 Å². The summed E-state index contributed by atoms with van der Waals surface area (Å²) >= 11 is 0. The Bertz CT molecular complexity index is 289. The molecule has 0 saturated heterocycles. The third-order valence-corrected chi connectivity index (χ3v) is 2.63. The second-order valence-corrected chi connectivity index (χ2v) is 3.50. The van der Waals surface area contributed by atoms with Gasteiger partial charge in [-0.1, -0.05) is 36.4 Å². The highest BCUT2D eigenvalue weighted by Crippen LogP contribution is 2.22. The zero-order valence-corrected chi connectivity index (χ0v) is 7.98. The van der Waals surface area contributed by atoms with Crippen molar-refractivity contribution in [3.63, 3.8) is 0 Å². The van der Waals surface area contributed by atoms with E-state index in [1.165, 1.54) is 12.0 Å². The first-order valence-corrected chi connectivity index (χ1v) is 4.85. The van der Waals surface area contributed by atoms with E-state index in [9.17, 15) is 0 Å². The number of benzene rings is 1. The lowest BCUT2D eigenvalue weighted by Gasteiger charge is -2.24. The van der Waals surface area contributed by atoms with Gasteiger partial charge < -0.3 is 4.90 Å². The minimum absolute atomic E-state index is 0.514. The Balaban J connectivity index is 2.13. The quantitative estimate of drug-likeness (QED) is 0.664. The third-order valence-electron chi connectivity index (χ3n) is 2.63.